The fraction of sp³-hybridized carbons (Fsp3) is 0.111. The van der Waals surface area contributed by atoms with Gasteiger partial charge in [-0.25, -0.2) is 0 Å². The first-order valence-corrected chi connectivity index (χ1v) is 3.21. The second kappa shape index (κ2) is 3.02. The smallest absolute Gasteiger partial charge is 0.00882 e. The van der Waals surface area contributed by atoms with Gasteiger partial charge in [-0.2, -0.15) is 0 Å². The minimum Gasteiger partial charge on any atom is -0.114 e. The standard InChI is InChI=1S/C9H8.BrH/c1-2-5-9-7-3-6-8(9)4-1;/h1-6H,7H2;1H. The first kappa shape index (κ1) is 7.55. The van der Waals surface area contributed by atoms with Crippen LogP contribution in [0.5, 0.6) is 0 Å². The molecule has 0 spiro atoms. The summed E-state index contributed by atoms with van der Waals surface area (Å²) in [7, 11) is 0. The molecule has 0 atom stereocenters. The summed E-state index contributed by atoms with van der Waals surface area (Å²) in [5.74, 6) is 0. The van der Waals surface area contributed by atoms with Crippen molar-refractivity contribution in [2.45, 2.75) is 6.42 Å². The molecule has 52 valence electrons. The van der Waals surface area contributed by atoms with Crippen molar-refractivity contribution in [3.63, 3.8) is 0 Å². The van der Waals surface area contributed by atoms with Crippen LogP contribution in [0.4, 0.5) is 0 Å². The lowest BCUT2D eigenvalue weighted by Crippen LogP contribution is -1.76. The van der Waals surface area contributed by atoms with Gasteiger partial charge in [0.15, 0.2) is 0 Å². The molecule has 0 fully saturated rings. The van der Waals surface area contributed by atoms with Crippen LogP contribution in [0.3, 0.4) is 0 Å². The van der Waals surface area contributed by atoms with E-state index in [-0.39, 0.29) is 17.0 Å². The van der Waals surface area contributed by atoms with Gasteiger partial charge in [0, 0.05) is 0 Å². The van der Waals surface area contributed by atoms with Crippen molar-refractivity contribution >= 4 is 23.1 Å². The Bertz CT molecular complexity index is 251. The fourth-order valence-corrected chi connectivity index (χ4v) is 1.20. The number of rotatable bonds is 0. The van der Waals surface area contributed by atoms with Gasteiger partial charge in [-0.15, -0.1) is 17.0 Å². The van der Waals surface area contributed by atoms with Gasteiger partial charge in [-0.05, 0) is 17.5 Å². The molecule has 1 aromatic rings. The maximum absolute atomic E-state index is 2.20. The van der Waals surface area contributed by atoms with E-state index in [9.17, 15) is 0 Å². The summed E-state index contributed by atoms with van der Waals surface area (Å²) in [4.78, 5) is 0. The number of allylic oxidation sites excluding steroid dienone is 1. The predicted molar refractivity (Wildman–Crippen MR) is 49.5 cm³/mol. The molecular formula is C9H9Br. The number of fused-ring (bicyclic) bond motifs is 1. The fourth-order valence-electron chi connectivity index (χ4n) is 1.20. The Morgan fingerprint density at radius 3 is 2.70 bits per heavy atom. The quantitative estimate of drug-likeness (QED) is 0.599. The van der Waals surface area contributed by atoms with Crippen LogP contribution in [0, 0.1) is 0 Å². The number of halogens is 1. The molecule has 0 saturated heterocycles. The highest BCUT2D eigenvalue weighted by atomic mass is 79.9. The Hall–Kier alpha value is -0.560. The van der Waals surface area contributed by atoms with Gasteiger partial charge < -0.3 is 0 Å². The van der Waals surface area contributed by atoms with Crippen molar-refractivity contribution in [3.05, 3.63) is 41.5 Å². The third-order valence-electron chi connectivity index (χ3n) is 1.69. The van der Waals surface area contributed by atoms with Crippen LogP contribution in [0.1, 0.15) is 11.1 Å². The highest BCUT2D eigenvalue weighted by molar-refractivity contribution is 8.93. The lowest BCUT2D eigenvalue weighted by Gasteiger charge is -1.93. The van der Waals surface area contributed by atoms with Crippen LogP contribution in [-0.4, -0.2) is 0 Å². The van der Waals surface area contributed by atoms with E-state index < -0.39 is 0 Å². The van der Waals surface area contributed by atoms with Crippen molar-refractivity contribution in [2.24, 2.45) is 0 Å². The molecule has 1 heteroatoms. The Morgan fingerprint density at radius 1 is 1.10 bits per heavy atom. The molecule has 0 nitrogen and oxygen atoms in total. The highest BCUT2D eigenvalue weighted by Gasteiger charge is 2.00. The maximum atomic E-state index is 2.20. The topological polar surface area (TPSA) is 0 Å². The summed E-state index contributed by atoms with van der Waals surface area (Å²) < 4.78 is 0. The van der Waals surface area contributed by atoms with Crippen molar-refractivity contribution in [1.82, 2.24) is 0 Å². The van der Waals surface area contributed by atoms with Crippen LogP contribution in [0.25, 0.3) is 6.08 Å². The molecule has 1 aliphatic rings. The Morgan fingerprint density at radius 2 is 1.90 bits per heavy atom. The molecule has 0 radical (unpaired) electrons. The van der Waals surface area contributed by atoms with Crippen molar-refractivity contribution in [3.8, 4) is 0 Å². The van der Waals surface area contributed by atoms with Crippen molar-refractivity contribution in [1.29, 1.82) is 0 Å². The maximum Gasteiger partial charge on any atom is -0.00882 e. The van der Waals surface area contributed by atoms with E-state index >= 15 is 0 Å². The van der Waals surface area contributed by atoms with E-state index in [1.807, 2.05) is 0 Å². The lowest BCUT2D eigenvalue weighted by molar-refractivity contribution is 1.31. The largest absolute Gasteiger partial charge is 0.114 e. The summed E-state index contributed by atoms with van der Waals surface area (Å²) in [5.41, 5.74) is 2.84. The molecule has 0 aromatic heterocycles. The highest BCUT2D eigenvalue weighted by Crippen LogP contribution is 2.17. The van der Waals surface area contributed by atoms with E-state index in [0.717, 1.165) is 6.42 Å². The first-order valence-electron chi connectivity index (χ1n) is 3.21. The van der Waals surface area contributed by atoms with Gasteiger partial charge in [0.2, 0.25) is 0 Å². The molecule has 1 aromatic carbocycles. The summed E-state index contributed by atoms with van der Waals surface area (Å²) in [6, 6.07) is 8.49. The van der Waals surface area contributed by atoms with Gasteiger partial charge in [0.05, 0.1) is 0 Å². The Labute approximate surface area is 71.3 Å². The van der Waals surface area contributed by atoms with Crippen LogP contribution in [-0.2, 0) is 6.42 Å². The van der Waals surface area contributed by atoms with Gasteiger partial charge in [0.1, 0.15) is 0 Å². The summed E-state index contributed by atoms with van der Waals surface area (Å²) in [5, 5.41) is 0. The van der Waals surface area contributed by atoms with E-state index in [0.29, 0.717) is 0 Å². The molecule has 2 rings (SSSR count). The first-order chi connectivity index (χ1) is 4.47. The molecular weight excluding hydrogens is 188 g/mol. The number of benzene rings is 1. The predicted octanol–water partition coefficient (Wildman–Crippen LogP) is 2.83. The minimum atomic E-state index is 0. The Balaban J connectivity index is 0.000000500. The van der Waals surface area contributed by atoms with E-state index in [2.05, 4.69) is 36.4 Å². The van der Waals surface area contributed by atoms with Crippen LogP contribution in [0.2, 0.25) is 0 Å². The average Bonchev–Trinajstić information content (AvgIpc) is 2.33. The zero-order valence-corrected chi connectivity index (χ0v) is 7.29. The second-order valence-corrected chi connectivity index (χ2v) is 2.31. The van der Waals surface area contributed by atoms with E-state index in [1.54, 1.807) is 0 Å². The van der Waals surface area contributed by atoms with Crippen LogP contribution in [0.15, 0.2) is 30.3 Å². The zero-order chi connectivity index (χ0) is 6.10. The molecule has 10 heavy (non-hydrogen) atoms. The van der Waals surface area contributed by atoms with Gasteiger partial charge in [0.25, 0.3) is 0 Å². The molecule has 0 bridgehead atoms. The minimum absolute atomic E-state index is 0. The monoisotopic (exact) mass is 196 g/mol. The van der Waals surface area contributed by atoms with Crippen molar-refractivity contribution < 1.29 is 0 Å². The number of hydrogen-bond acceptors (Lipinski definition) is 0. The summed E-state index contributed by atoms with van der Waals surface area (Å²) in [6.45, 7) is 0. The molecule has 0 heterocycles. The molecule has 0 N–H and O–H groups in total. The molecule has 0 saturated carbocycles. The number of hydrogen-bond donors (Lipinski definition) is 0. The molecule has 0 aliphatic heterocycles. The summed E-state index contributed by atoms with van der Waals surface area (Å²) in [6.07, 6.45) is 5.50. The molecule has 0 unspecified atom stereocenters. The molecule has 1 aliphatic carbocycles. The molecule has 0 amide bonds. The second-order valence-electron chi connectivity index (χ2n) is 2.31. The Kier molecular flexibility index (Phi) is 2.28. The average molecular weight is 197 g/mol. The third kappa shape index (κ3) is 1.14. The van der Waals surface area contributed by atoms with Crippen molar-refractivity contribution in [2.75, 3.05) is 0 Å². The van der Waals surface area contributed by atoms with Gasteiger partial charge in [-0.3, -0.25) is 0 Å². The van der Waals surface area contributed by atoms with Crippen LogP contribution < -0.4 is 0 Å². The van der Waals surface area contributed by atoms with Crippen LogP contribution >= 0.6 is 17.0 Å². The van der Waals surface area contributed by atoms with Gasteiger partial charge >= 0.3 is 0 Å². The zero-order valence-electron chi connectivity index (χ0n) is 5.58. The van der Waals surface area contributed by atoms with E-state index in [4.69, 9.17) is 0 Å². The third-order valence-corrected chi connectivity index (χ3v) is 1.69. The van der Waals surface area contributed by atoms with Gasteiger partial charge in [-0.1, -0.05) is 36.4 Å². The van der Waals surface area contributed by atoms with E-state index in [1.165, 1.54) is 11.1 Å². The SMILES string of the molecule is Br.C1=Cc2ccccc2C1. The lowest BCUT2D eigenvalue weighted by atomic mass is 10.1. The summed E-state index contributed by atoms with van der Waals surface area (Å²) >= 11 is 0. The normalized spacial score (nSPS) is 12.4.